The molecule has 0 aromatic carbocycles. The van der Waals surface area contributed by atoms with E-state index in [9.17, 15) is 14.4 Å². The second-order valence-corrected chi connectivity index (χ2v) is 4.04. The SMILES string of the molecule is COC(=O)NC(=O)CN1CCCC[C@@H]1C(=O)OC. The maximum Gasteiger partial charge on any atom is 0.413 e. The molecule has 0 radical (unpaired) electrons. The minimum absolute atomic E-state index is 0.0190. The van der Waals surface area contributed by atoms with Crippen LogP contribution in [-0.2, 0) is 19.1 Å². The fraction of sp³-hybridized carbons (Fsp3) is 0.727. The Balaban J connectivity index is 2.54. The number of likely N-dealkylation sites (tertiary alicyclic amines) is 1. The average molecular weight is 258 g/mol. The molecule has 1 rings (SSSR count). The number of methoxy groups -OCH3 is 2. The van der Waals surface area contributed by atoms with Crippen molar-refractivity contribution < 1.29 is 23.9 Å². The number of esters is 1. The van der Waals surface area contributed by atoms with Crippen molar-refractivity contribution in [1.29, 1.82) is 0 Å². The first-order valence-electron chi connectivity index (χ1n) is 5.78. The number of imide groups is 1. The number of carbonyl (C=O) groups is 3. The van der Waals surface area contributed by atoms with Crippen LogP contribution in [0.4, 0.5) is 4.79 Å². The van der Waals surface area contributed by atoms with Crippen molar-refractivity contribution in [3.05, 3.63) is 0 Å². The Bertz CT molecular complexity index is 331. The van der Waals surface area contributed by atoms with Gasteiger partial charge in [-0.15, -0.1) is 0 Å². The van der Waals surface area contributed by atoms with Gasteiger partial charge in [-0.25, -0.2) is 4.79 Å². The van der Waals surface area contributed by atoms with Gasteiger partial charge >= 0.3 is 12.1 Å². The van der Waals surface area contributed by atoms with Gasteiger partial charge < -0.3 is 9.47 Å². The van der Waals surface area contributed by atoms with Crippen LogP contribution in [0.3, 0.4) is 0 Å². The summed E-state index contributed by atoms with van der Waals surface area (Å²) in [4.78, 5) is 35.7. The second-order valence-electron chi connectivity index (χ2n) is 4.04. The van der Waals surface area contributed by atoms with Crippen molar-refractivity contribution in [2.45, 2.75) is 25.3 Å². The van der Waals surface area contributed by atoms with E-state index in [-0.39, 0.29) is 12.5 Å². The topological polar surface area (TPSA) is 84.9 Å². The van der Waals surface area contributed by atoms with E-state index in [4.69, 9.17) is 4.74 Å². The molecule has 1 aliphatic rings. The fourth-order valence-electron chi connectivity index (χ4n) is 1.97. The number of alkyl carbamates (subject to hydrolysis) is 1. The first kappa shape index (κ1) is 14.4. The molecule has 102 valence electrons. The zero-order chi connectivity index (χ0) is 13.5. The van der Waals surface area contributed by atoms with Crippen molar-refractivity contribution in [3.63, 3.8) is 0 Å². The highest BCUT2D eigenvalue weighted by Gasteiger charge is 2.30. The fourth-order valence-corrected chi connectivity index (χ4v) is 1.97. The molecule has 1 N–H and O–H groups in total. The summed E-state index contributed by atoms with van der Waals surface area (Å²) in [5, 5.41) is 2.06. The molecule has 1 atom stereocenters. The maximum absolute atomic E-state index is 11.5. The summed E-state index contributed by atoms with van der Waals surface area (Å²) in [5.41, 5.74) is 0. The Morgan fingerprint density at radius 1 is 1.22 bits per heavy atom. The lowest BCUT2D eigenvalue weighted by molar-refractivity contribution is -0.148. The molecular formula is C11H18N2O5. The zero-order valence-electron chi connectivity index (χ0n) is 10.6. The van der Waals surface area contributed by atoms with Gasteiger partial charge in [-0.1, -0.05) is 6.42 Å². The quantitative estimate of drug-likeness (QED) is 0.711. The Hall–Kier alpha value is -1.63. The van der Waals surface area contributed by atoms with Crippen LogP contribution in [0.5, 0.6) is 0 Å². The molecule has 1 saturated heterocycles. The number of piperidine rings is 1. The van der Waals surface area contributed by atoms with E-state index < -0.39 is 18.0 Å². The summed E-state index contributed by atoms with van der Waals surface area (Å²) in [6.07, 6.45) is 1.71. The lowest BCUT2D eigenvalue weighted by Gasteiger charge is -2.32. The molecule has 1 aliphatic heterocycles. The van der Waals surface area contributed by atoms with Gasteiger partial charge in [-0.05, 0) is 19.4 Å². The monoisotopic (exact) mass is 258 g/mol. The van der Waals surface area contributed by atoms with Gasteiger partial charge in [0.15, 0.2) is 0 Å². The van der Waals surface area contributed by atoms with Gasteiger partial charge in [0, 0.05) is 0 Å². The molecule has 18 heavy (non-hydrogen) atoms. The summed E-state index contributed by atoms with van der Waals surface area (Å²) in [6, 6.07) is -0.410. The largest absolute Gasteiger partial charge is 0.468 e. The third-order valence-corrected chi connectivity index (χ3v) is 2.86. The first-order chi connectivity index (χ1) is 8.58. The molecular weight excluding hydrogens is 240 g/mol. The third-order valence-electron chi connectivity index (χ3n) is 2.86. The van der Waals surface area contributed by atoms with Crippen molar-refractivity contribution in [1.82, 2.24) is 10.2 Å². The van der Waals surface area contributed by atoms with Crippen LogP contribution < -0.4 is 5.32 Å². The summed E-state index contributed by atoms with van der Waals surface area (Å²) >= 11 is 0. The molecule has 1 fully saturated rings. The normalized spacial score (nSPS) is 20.0. The number of ether oxygens (including phenoxy) is 2. The van der Waals surface area contributed by atoms with E-state index in [0.29, 0.717) is 13.0 Å². The van der Waals surface area contributed by atoms with E-state index in [0.717, 1.165) is 12.8 Å². The average Bonchev–Trinajstić information content (AvgIpc) is 2.38. The van der Waals surface area contributed by atoms with Gasteiger partial charge in [0.1, 0.15) is 6.04 Å². The maximum atomic E-state index is 11.5. The van der Waals surface area contributed by atoms with Crippen LogP contribution in [0.2, 0.25) is 0 Å². The molecule has 2 amide bonds. The summed E-state index contributed by atoms with van der Waals surface area (Å²) in [5.74, 6) is -0.835. The smallest absolute Gasteiger partial charge is 0.413 e. The zero-order valence-corrected chi connectivity index (χ0v) is 10.6. The van der Waals surface area contributed by atoms with Gasteiger partial charge in [0.25, 0.3) is 0 Å². The standard InChI is InChI=1S/C11H18N2O5/c1-17-10(15)8-5-3-4-6-13(8)7-9(14)12-11(16)18-2/h8H,3-7H2,1-2H3,(H,12,14,16)/t8-/m1/s1. The van der Waals surface area contributed by atoms with Gasteiger partial charge in [-0.2, -0.15) is 0 Å². The molecule has 0 spiro atoms. The van der Waals surface area contributed by atoms with Crippen molar-refractivity contribution >= 4 is 18.0 Å². The molecule has 0 aromatic rings. The molecule has 0 bridgehead atoms. The Labute approximate surface area is 105 Å². The molecule has 0 aliphatic carbocycles. The number of hydrogen-bond acceptors (Lipinski definition) is 6. The Morgan fingerprint density at radius 3 is 2.56 bits per heavy atom. The van der Waals surface area contributed by atoms with Crippen LogP contribution in [0.25, 0.3) is 0 Å². The third kappa shape index (κ3) is 3.99. The lowest BCUT2D eigenvalue weighted by Crippen LogP contribution is -2.50. The van der Waals surface area contributed by atoms with Crippen molar-refractivity contribution in [2.24, 2.45) is 0 Å². The van der Waals surface area contributed by atoms with Crippen molar-refractivity contribution in [3.8, 4) is 0 Å². The number of nitrogens with zero attached hydrogens (tertiary/aromatic N) is 1. The highest BCUT2D eigenvalue weighted by atomic mass is 16.5. The summed E-state index contributed by atoms with van der Waals surface area (Å²) in [6.45, 7) is 0.614. The number of nitrogens with one attached hydrogen (secondary N) is 1. The number of amides is 2. The minimum Gasteiger partial charge on any atom is -0.468 e. The van der Waals surface area contributed by atoms with Crippen LogP contribution in [0, 0.1) is 0 Å². The number of carbonyl (C=O) groups excluding carboxylic acids is 3. The second kappa shape index (κ2) is 6.95. The predicted molar refractivity (Wildman–Crippen MR) is 61.8 cm³/mol. The minimum atomic E-state index is -0.799. The molecule has 7 heteroatoms. The van der Waals surface area contributed by atoms with E-state index in [1.807, 2.05) is 0 Å². The van der Waals surface area contributed by atoms with Crippen LogP contribution in [-0.4, -0.2) is 56.2 Å². The summed E-state index contributed by atoms with van der Waals surface area (Å²) in [7, 11) is 2.50. The highest BCUT2D eigenvalue weighted by molar-refractivity contribution is 5.93. The number of hydrogen-bond donors (Lipinski definition) is 1. The number of rotatable bonds is 3. The molecule has 7 nitrogen and oxygen atoms in total. The lowest BCUT2D eigenvalue weighted by atomic mass is 10.0. The first-order valence-corrected chi connectivity index (χ1v) is 5.78. The van der Waals surface area contributed by atoms with E-state index >= 15 is 0 Å². The van der Waals surface area contributed by atoms with E-state index in [1.165, 1.54) is 14.2 Å². The van der Waals surface area contributed by atoms with Crippen LogP contribution >= 0.6 is 0 Å². The van der Waals surface area contributed by atoms with Crippen LogP contribution in [0.15, 0.2) is 0 Å². The predicted octanol–water partition coefficient (Wildman–Crippen LogP) is -0.103. The summed E-state index contributed by atoms with van der Waals surface area (Å²) < 4.78 is 9.02. The van der Waals surface area contributed by atoms with Gasteiger partial charge in [0.05, 0.1) is 20.8 Å². The highest BCUT2D eigenvalue weighted by Crippen LogP contribution is 2.17. The van der Waals surface area contributed by atoms with Gasteiger partial charge in [-0.3, -0.25) is 19.8 Å². The molecule has 0 saturated carbocycles. The van der Waals surface area contributed by atoms with Gasteiger partial charge in [0.2, 0.25) is 5.91 Å². The van der Waals surface area contributed by atoms with E-state index in [1.54, 1.807) is 4.90 Å². The molecule has 0 aromatic heterocycles. The van der Waals surface area contributed by atoms with Crippen LogP contribution in [0.1, 0.15) is 19.3 Å². The molecule has 1 heterocycles. The Kier molecular flexibility index (Phi) is 5.57. The Morgan fingerprint density at radius 2 is 1.94 bits per heavy atom. The van der Waals surface area contributed by atoms with Crippen molar-refractivity contribution in [2.75, 3.05) is 27.3 Å². The van der Waals surface area contributed by atoms with E-state index in [2.05, 4.69) is 10.1 Å². The molecule has 0 unspecified atom stereocenters.